The SMILES string of the molecule is CCc1nnnn1C(=O)C(C)C. The molecule has 0 aliphatic carbocycles. The van der Waals surface area contributed by atoms with Crippen LogP contribution in [-0.4, -0.2) is 26.1 Å². The normalized spacial score (nSPS) is 10.7. The number of tetrazole rings is 1. The van der Waals surface area contributed by atoms with Gasteiger partial charge < -0.3 is 0 Å². The maximum atomic E-state index is 11.4. The van der Waals surface area contributed by atoms with E-state index >= 15 is 0 Å². The molecule has 1 aromatic heterocycles. The Morgan fingerprint density at radius 3 is 2.75 bits per heavy atom. The van der Waals surface area contributed by atoms with Crippen molar-refractivity contribution in [3.63, 3.8) is 0 Å². The van der Waals surface area contributed by atoms with Crippen LogP contribution in [0.15, 0.2) is 0 Å². The van der Waals surface area contributed by atoms with Gasteiger partial charge in [-0.1, -0.05) is 20.8 Å². The first-order chi connectivity index (χ1) is 5.66. The second-order valence-electron chi connectivity index (χ2n) is 2.85. The largest absolute Gasteiger partial charge is 0.272 e. The molecule has 0 fully saturated rings. The number of carbonyl (C=O) groups excluding carboxylic acids is 1. The molecule has 66 valence electrons. The molecule has 1 rings (SSSR count). The van der Waals surface area contributed by atoms with Crippen LogP contribution < -0.4 is 0 Å². The summed E-state index contributed by atoms with van der Waals surface area (Å²) in [4.78, 5) is 11.4. The van der Waals surface area contributed by atoms with E-state index < -0.39 is 0 Å². The van der Waals surface area contributed by atoms with Gasteiger partial charge in [0.2, 0.25) is 0 Å². The summed E-state index contributed by atoms with van der Waals surface area (Å²) in [5, 5.41) is 10.8. The van der Waals surface area contributed by atoms with Crippen LogP contribution in [0.5, 0.6) is 0 Å². The van der Waals surface area contributed by atoms with Gasteiger partial charge in [0.05, 0.1) is 0 Å². The zero-order valence-corrected chi connectivity index (χ0v) is 7.48. The zero-order chi connectivity index (χ0) is 9.14. The fourth-order valence-electron chi connectivity index (χ4n) is 0.842. The number of rotatable bonds is 2. The third-order valence-corrected chi connectivity index (χ3v) is 1.55. The summed E-state index contributed by atoms with van der Waals surface area (Å²) in [6.45, 7) is 5.56. The Morgan fingerprint density at radius 1 is 1.58 bits per heavy atom. The fourth-order valence-corrected chi connectivity index (χ4v) is 0.842. The Labute approximate surface area is 70.8 Å². The van der Waals surface area contributed by atoms with Gasteiger partial charge in [-0.3, -0.25) is 4.79 Å². The molecule has 1 aromatic rings. The summed E-state index contributed by atoms with van der Waals surface area (Å²) < 4.78 is 1.27. The molecule has 5 nitrogen and oxygen atoms in total. The zero-order valence-electron chi connectivity index (χ0n) is 7.48. The number of aromatic nitrogens is 4. The molecule has 0 spiro atoms. The van der Waals surface area contributed by atoms with Gasteiger partial charge in [-0.15, -0.1) is 5.10 Å². The lowest BCUT2D eigenvalue weighted by atomic mass is 10.2. The lowest BCUT2D eigenvalue weighted by Gasteiger charge is -2.03. The Kier molecular flexibility index (Phi) is 2.52. The average molecular weight is 168 g/mol. The molecule has 1 heterocycles. The predicted octanol–water partition coefficient (Wildman–Crippen LogP) is 0.532. The van der Waals surface area contributed by atoms with E-state index in [0.29, 0.717) is 12.2 Å². The van der Waals surface area contributed by atoms with Crippen molar-refractivity contribution < 1.29 is 4.79 Å². The van der Waals surface area contributed by atoms with Gasteiger partial charge in [0.15, 0.2) is 5.82 Å². The van der Waals surface area contributed by atoms with Crippen LogP contribution in [-0.2, 0) is 6.42 Å². The highest BCUT2D eigenvalue weighted by atomic mass is 16.2. The van der Waals surface area contributed by atoms with Crippen LogP contribution in [0.3, 0.4) is 0 Å². The minimum atomic E-state index is -0.0706. The topological polar surface area (TPSA) is 60.7 Å². The van der Waals surface area contributed by atoms with E-state index in [-0.39, 0.29) is 11.8 Å². The minimum absolute atomic E-state index is 0.0585. The van der Waals surface area contributed by atoms with E-state index in [1.165, 1.54) is 4.68 Å². The Balaban J connectivity index is 2.94. The van der Waals surface area contributed by atoms with E-state index in [9.17, 15) is 4.79 Å². The summed E-state index contributed by atoms with van der Waals surface area (Å²) in [5.74, 6) is 0.490. The highest BCUT2D eigenvalue weighted by molar-refractivity contribution is 5.79. The summed E-state index contributed by atoms with van der Waals surface area (Å²) >= 11 is 0. The van der Waals surface area contributed by atoms with Crippen molar-refractivity contribution in [1.29, 1.82) is 0 Å². The van der Waals surface area contributed by atoms with E-state index in [4.69, 9.17) is 0 Å². The van der Waals surface area contributed by atoms with Gasteiger partial charge in [-0.05, 0) is 10.4 Å². The van der Waals surface area contributed by atoms with Crippen molar-refractivity contribution in [3.05, 3.63) is 5.82 Å². The van der Waals surface area contributed by atoms with Gasteiger partial charge in [0, 0.05) is 12.3 Å². The summed E-state index contributed by atoms with van der Waals surface area (Å²) in [6.07, 6.45) is 0.672. The minimum Gasteiger partial charge on any atom is -0.272 e. The fraction of sp³-hybridized carbons (Fsp3) is 0.714. The average Bonchev–Trinajstić information content (AvgIpc) is 2.49. The Bertz CT molecular complexity index is 279. The molecule has 0 unspecified atom stereocenters. The van der Waals surface area contributed by atoms with Crippen LogP contribution in [0.1, 0.15) is 31.4 Å². The van der Waals surface area contributed by atoms with E-state index in [1.807, 2.05) is 20.8 Å². The van der Waals surface area contributed by atoms with E-state index in [2.05, 4.69) is 15.5 Å². The highest BCUT2D eigenvalue weighted by Crippen LogP contribution is 2.00. The lowest BCUT2D eigenvalue weighted by Crippen LogP contribution is -2.20. The molecule has 0 saturated carbocycles. The quantitative estimate of drug-likeness (QED) is 0.604. The molecule has 0 aromatic carbocycles. The number of nitrogens with zero attached hydrogens (tertiary/aromatic N) is 4. The molecule has 0 aliphatic heterocycles. The van der Waals surface area contributed by atoms with Crippen molar-refractivity contribution in [1.82, 2.24) is 20.2 Å². The van der Waals surface area contributed by atoms with Crippen LogP contribution >= 0.6 is 0 Å². The van der Waals surface area contributed by atoms with Crippen LogP contribution in [0.25, 0.3) is 0 Å². The maximum absolute atomic E-state index is 11.4. The van der Waals surface area contributed by atoms with Crippen molar-refractivity contribution in [2.45, 2.75) is 27.2 Å². The molecule has 0 aliphatic rings. The smallest absolute Gasteiger partial charge is 0.252 e. The number of aryl methyl sites for hydroxylation is 1. The first-order valence-electron chi connectivity index (χ1n) is 3.98. The number of hydrogen-bond acceptors (Lipinski definition) is 4. The number of hydrogen-bond donors (Lipinski definition) is 0. The molecule has 0 saturated heterocycles. The van der Waals surface area contributed by atoms with Crippen molar-refractivity contribution >= 4 is 5.91 Å². The predicted molar refractivity (Wildman–Crippen MR) is 42.7 cm³/mol. The second kappa shape index (κ2) is 3.42. The van der Waals surface area contributed by atoms with Crippen LogP contribution in [0.2, 0.25) is 0 Å². The van der Waals surface area contributed by atoms with Gasteiger partial charge in [0.25, 0.3) is 5.91 Å². The van der Waals surface area contributed by atoms with Crippen molar-refractivity contribution in [3.8, 4) is 0 Å². The molecule has 0 N–H and O–H groups in total. The van der Waals surface area contributed by atoms with Gasteiger partial charge in [-0.2, -0.15) is 4.68 Å². The molecular weight excluding hydrogens is 156 g/mol. The third-order valence-electron chi connectivity index (χ3n) is 1.55. The van der Waals surface area contributed by atoms with E-state index in [1.54, 1.807) is 0 Å². The van der Waals surface area contributed by atoms with Gasteiger partial charge in [-0.25, -0.2) is 0 Å². The molecule has 0 radical (unpaired) electrons. The standard InChI is InChI=1S/C7H12N4O/c1-4-6-8-9-10-11(6)7(12)5(2)3/h5H,4H2,1-3H3. The monoisotopic (exact) mass is 168 g/mol. The first kappa shape index (κ1) is 8.83. The van der Waals surface area contributed by atoms with Crippen molar-refractivity contribution in [2.24, 2.45) is 5.92 Å². The third kappa shape index (κ3) is 1.49. The van der Waals surface area contributed by atoms with Gasteiger partial charge >= 0.3 is 0 Å². The molecule has 12 heavy (non-hydrogen) atoms. The Morgan fingerprint density at radius 2 is 2.25 bits per heavy atom. The summed E-state index contributed by atoms with van der Waals surface area (Å²) in [7, 11) is 0. The molecule has 5 heteroatoms. The summed E-state index contributed by atoms with van der Waals surface area (Å²) in [5.41, 5.74) is 0. The maximum Gasteiger partial charge on any atom is 0.252 e. The highest BCUT2D eigenvalue weighted by Gasteiger charge is 2.14. The van der Waals surface area contributed by atoms with E-state index in [0.717, 1.165) is 0 Å². The van der Waals surface area contributed by atoms with Crippen LogP contribution in [0, 0.1) is 5.92 Å². The van der Waals surface area contributed by atoms with Crippen LogP contribution in [0.4, 0.5) is 0 Å². The summed E-state index contributed by atoms with van der Waals surface area (Å²) in [6, 6.07) is 0. The van der Waals surface area contributed by atoms with Gasteiger partial charge in [0.1, 0.15) is 0 Å². The van der Waals surface area contributed by atoms with Crippen molar-refractivity contribution in [2.75, 3.05) is 0 Å². The molecule has 0 atom stereocenters. The first-order valence-corrected chi connectivity index (χ1v) is 3.98. The lowest BCUT2D eigenvalue weighted by molar-refractivity contribution is 0.0832. The molecule has 0 bridgehead atoms. The molecular formula is C7H12N4O. The molecule has 0 amide bonds. The number of carbonyl (C=O) groups is 1. The second-order valence-corrected chi connectivity index (χ2v) is 2.85. The Hall–Kier alpha value is -1.26.